The predicted octanol–water partition coefficient (Wildman–Crippen LogP) is 3.55. The highest BCUT2D eigenvalue weighted by Crippen LogP contribution is 2.46. The summed E-state index contributed by atoms with van der Waals surface area (Å²) in [7, 11) is 4.43. The number of rotatable bonds is 4. The lowest BCUT2D eigenvalue weighted by Crippen LogP contribution is -2.24. The Morgan fingerprint density at radius 3 is 2.27 bits per heavy atom. The molecule has 8 heteroatoms. The molecule has 1 aliphatic rings. The summed E-state index contributed by atoms with van der Waals surface area (Å²) < 4.78 is 27.2. The molecule has 0 saturated carbocycles. The zero-order valence-corrected chi connectivity index (χ0v) is 16.9. The standard InChI is InChI=1S/C22H20O8/c1-10-5-13(23)20-15(29-10)9-14(24)19-12(8-18(25)30-22(19)20)11-6-16(26-2)21(28-4)17(7-11)27-3/h6-10,24H,5H2,1-4H3. The number of carbonyl (C=O) groups is 1. The van der Waals surface area contributed by atoms with Crippen LogP contribution in [0.4, 0.5) is 0 Å². The first-order chi connectivity index (χ1) is 14.4. The van der Waals surface area contributed by atoms with Crippen LogP contribution in [0.5, 0.6) is 28.7 Å². The molecule has 0 saturated heterocycles. The summed E-state index contributed by atoms with van der Waals surface area (Å²) in [6, 6.07) is 5.91. The minimum absolute atomic E-state index is 0.0156. The Labute approximate surface area is 171 Å². The van der Waals surface area contributed by atoms with Gasteiger partial charge in [0.2, 0.25) is 5.75 Å². The predicted molar refractivity (Wildman–Crippen MR) is 108 cm³/mol. The van der Waals surface area contributed by atoms with Crippen molar-refractivity contribution in [2.75, 3.05) is 21.3 Å². The summed E-state index contributed by atoms with van der Waals surface area (Å²) in [5.41, 5.74) is 0.318. The summed E-state index contributed by atoms with van der Waals surface area (Å²) in [5, 5.41) is 11.0. The highest BCUT2D eigenvalue weighted by Gasteiger charge is 2.30. The molecule has 0 spiro atoms. The second-order valence-corrected chi connectivity index (χ2v) is 6.92. The minimum atomic E-state index is -0.675. The van der Waals surface area contributed by atoms with Gasteiger partial charge in [-0.25, -0.2) is 4.79 Å². The third-order valence-electron chi connectivity index (χ3n) is 5.01. The molecule has 8 nitrogen and oxygen atoms in total. The molecular formula is C22H20O8. The maximum Gasteiger partial charge on any atom is 0.336 e. The van der Waals surface area contributed by atoms with E-state index in [1.807, 2.05) is 0 Å². The first-order valence-corrected chi connectivity index (χ1v) is 9.22. The van der Waals surface area contributed by atoms with Crippen molar-refractivity contribution in [3.8, 4) is 39.9 Å². The molecule has 3 aromatic rings. The SMILES string of the molecule is COc1cc(-c2cc(=O)oc3c4c(cc(O)c23)OC(C)CC4=O)cc(OC)c1OC. The number of methoxy groups -OCH3 is 3. The first-order valence-electron chi connectivity index (χ1n) is 9.22. The highest BCUT2D eigenvalue weighted by molar-refractivity contribution is 6.13. The molecule has 2 aromatic carbocycles. The molecule has 0 aliphatic carbocycles. The highest BCUT2D eigenvalue weighted by atomic mass is 16.5. The van der Waals surface area contributed by atoms with E-state index in [0.717, 1.165) is 0 Å². The maximum atomic E-state index is 12.7. The Kier molecular flexibility index (Phi) is 4.77. The zero-order valence-electron chi connectivity index (χ0n) is 16.9. The van der Waals surface area contributed by atoms with Crippen LogP contribution in [0.15, 0.2) is 33.5 Å². The quantitative estimate of drug-likeness (QED) is 0.649. The second-order valence-electron chi connectivity index (χ2n) is 6.92. The van der Waals surface area contributed by atoms with E-state index in [2.05, 4.69) is 0 Å². The van der Waals surface area contributed by atoms with E-state index in [1.54, 1.807) is 19.1 Å². The van der Waals surface area contributed by atoms with E-state index in [4.69, 9.17) is 23.4 Å². The average Bonchev–Trinajstić information content (AvgIpc) is 2.71. The van der Waals surface area contributed by atoms with E-state index >= 15 is 0 Å². The molecule has 156 valence electrons. The minimum Gasteiger partial charge on any atom is -0.507 e. The van der Waals surface area contributed by atoms with Crippen molar-refractivity contribution in [1.29, 1.82) is 0 Å². The van der Waals surface area contributed by atoms with Gasteiger partial charge in [0.25, 0.3) is 0 Å². The van der Waals surface area contributed by atoms with Gasteiger partial charge in [-0.3, -0.25) is 4.79 Å². The fourth-order valence-corrected chi connectivity index (χ4v) is 3.75. The smallest absolute Gasteiger partial charge is 0.336 e. The molecule has 1 atom stereocenters. The third-order valence-corrected chi connectivity index (χ3v) is 5.01. The molecule has 1 aliphatic heterocycles. The number of hydrogen-bond acceptors (Lipinski definition) is 8. The second kappa shape index (κ2) is 7.29. The van der Waals surface area contributed by atoms with E-state index in [0.29, 0.717) is 28.4 Å². The van der Waals surface area contributed by atoms with Crippen LogP contribution in [0.1, 0.15) is 23.7 Å². The Morgan fingerprint density at radius 2 is 1.67 bits per heavy atom. The lowest BCUT2D eigenvalue weighted by Gasteiger charge is -2.23. The Bertz CT molecular complexity index is 1200. The number of phenols is 1. The van der Waals surface area contributed by atoms with Crippen molar-refractivity contribution in [2.45, 2.75) is 19.4 Å². The Morgan fingerprint density at radius 1 is 1.00 bits per heavy atom. The number of carbonyl (C=O) groups excluding carboxylic acids is 1. The van der Waals surface area contributed by atoms with Crippen LogP contribution in [0, 0.1) is 0 Å². The van der Waals surface area contributed by atoms with Gasteiger partial charge in [-0.15, -0.1) is 0 Å². The fraction of sp³-hybridized carbons (Fsp3) is 0.273. The number of ether oxygens (including phenoxy) is 4. The third kappa shape index (κ3) is 3.01. The summed E-state index contributed by atoms with van der Waals surface area (Å²) in [4.78, 5) is 25.1. The van der Waals surface area contributed by atoms with Crippen LogP contribution in [-0.2, 0) is 0 Å². The molecule has 1 aromatic heterocycles. The zero-order chi connectivity index (χ0) is 21.6. The van der Waals surface area contributed by atoms with Gasteiger partial charge in [0.05, 0.1) is 26.7 Å². The van der Waals surface area contributed by atoms with Crippen molar-refractivity contribution >= 4 is 16.8 Å². The molecule has 1 unspecified atom stereocenters. The van der Waals surface area contributed by atoms with Crippen LogP contribution in [0.2, 0.25) is 0 Å². The van der Waals surface area contributed by atoms with Crippen LogP contribution in [0.25, 0.3) is 22.1 Å². The van der Waals surface area contributed by atoms with E-state index in [-0.39, 0.29) is 46.3 Å². The molecule has 0 amide bonds. The van der Waals surface area contributed by atoms with E-state index < -0.39 is 5.63 Å². The maximum absolute atomic E-state index is 12.7. The number of fused-ring (bicyclic) bond motifs is 3. The van der Waals surface area contributed by atoms with Crippen molar-refractivity contribution < 1.29 is 33.3 Å². The Hall–Kier alpha value is -3.68. The van der Waals surface area contributed by atoms with Gasteiger partial charge in [-0.1, -0.05) is 0 Å². The van der Waals surface area contributed by atoms with Crippen molar-refractivity contribution in [3.05, 3.63) is 40.2 Å². The van der Waals surface area contributed by atoms with Crippen LogP contribution < -0.4 is 24.6 Å². The molecule has 0 radical (unpaired) electrons. The van der Waals surface area contributed by atoms with Crippen molar-refractivity contribution in [1.82, 2.24) is 0 Å². The van der Waals surface area contributed by atoms with Gasteiger partial charge < -0.3 is 28.5 Å². The van der Waals surface area contributed by atoms with Gasteiger partial charge in [-0.2, -0.15) is 0 Å². The largest absolute Gasteiger partial charge is 0.507 e. The van der Waals surface area contributed by atoms with Crippen molar-refractivity contribution in [2.24, 2.45) is 0 Å². The number of Topliss-reactive ketones (excluding diaryl/α,β-unsaturated/α-hetero) is 1. The lowest BCUT2D eigenvalue weighted by atomic mass is 9.94. The molecule has 0 fully saturated rings. The Balaban J connectivity index is 2.08. The monoisotopic (exact) mass is 412 g/mol. The molecule has 30 heavy (non-hydrogen) atoms. The van der Waals surface area contributed by atoms with Gasteiger partial charge in [0, 0.05) is 24.1 Å². The number of benzene rings is 2. The summed E-state index contributed by atoms with van der Waals surface area (Å²) in [5.74, 6) is 0.916. The molecule has 0 bridgehead atoms. The molecular weight excluding hydrogens is 392 g/mol. The average molecular weight is 412 g/mol. The number of hydrogen-bond donors (Lipinski definition) is 1. The number of ketones is 1. The first kappa shape index (κ1) is 19.6. The molecule has 2 heterocycles. The normalized spacial score (nSPS) is 15.5. The molecule has 1 N–H and O–H groups in total. The van der Waals surface area contributed by atoms with Crippen LogP contribution in [-0.4, -0.2) is 38.3 Å². The fourth-order valence-electron chi connectivity index (χ4n) is 3.75. The topological polar surface area (TPSA) is 104 Å². The summed E-state index contributed by atoms with van der Waals surface area (Å²) in [6.07, 6.45) is -0.197. The number of aromatic hydroxyl groups is 1. The van der Waals surface area contributed by atoms with Crippen molar-refractivity contribution in [3.63, 3.8) is 0 Å². The van der Waals surface area contributed by atoms with Gasteiger partial charge in [0.1, 0.15) is 23.2 Å². The number of phenolic OH excluding ortho intramolecular Hbond substituents is 1. The van der Waals surface area contributed by atoms with Gasteiger partial charge in [0.15, 0.2) is 22.9 Å². The van der Waals surface area contributed by atoms with Crippen LogP contribution in [0.3, 0.4) is 0 Å². The van der Waals surface area contributed by atoms with Crippen LogP contribution >= 0.6 is 0 Å². The lowest BCUT2D eigenvalue weighted by molar-refractivity contribution is 0.0871. The summed E-state index contributed by atoms with van der Waals surface area (Å²) >= 11 is 0. The van der Waals surface area contributed by atoms with Gasteiger partial charge >= 0.3 is 5.63 Å². The van der Waals surface area contributed by atoms with E-state index in [9.17, 15) is 14.7 Å². The van der Waals surface area contributed by atoms with Gasteiger partial charge in [-0.05, 0) is 24.6 Å². The molecule has 4 rings (SSSR count). The van der Waals surface area contributed by atoms with E-state index in [1.165, 1.54) is 33.5 Å². The summed E-state index contributed by atoms with van der Waals surface area (Å²) in [6.45, 7) is 1.75.